The molecule has 0 atom stereocenters. The Kier molecular flexibility index (Phi) is 3.71. The van der Waals surface area contributed by atoms with Gasteiger partial charge in [-0.15, -0.1) is 0 Å². The molecule has 0 aromatic heterocycles. The topological polar surface area (TPSA) is 72.6 Å². The molecule has 2 aliphatic rings. The summed E-state index contributed by atoms with van der Waals surface area (Å²) in [4.78, 5) is 25.8. The number of anilines is 1. The van der Waals surface area contributed by atoms with Gasteiger partial charge in [-0.25, -0.2) is 0 Å². The molecule has 0 unspecified atom stereocenters. The van der Waals surface area contributed by atoms with Gasteiger partial charge in [-0.3, -0.25) is 9.59 Å². The Morgan fingerprint density at radius 3 is 2.68 bits per heavy atom. The lowest BCUT2D eigenvalue weighted by Gasteiger charge is -2.18. The van der Waals surface area contributed by atoms with Crippen LogP contribution in [0.4, 0.5) is 5.69 Å². The molecule has 2 N–H and O–H groups in total. The minimum absolute atomic E-state index is 0.0716. The summed E-state index contributed by atoms with van der Waals surface area (Å²) in [5.74, 6) is 0.122. The van der Waals surface area contributed by atoms with E-state index in [-0.39, 0.29) is 17.9 Å². The second-order valence-electron chi connectivity index (χ2n) is 6.77. The predicted octanol–water partition coefficient (Wildman–Crippen LogP) is 2.63. The molecule has 5 nitrogen and oxygen atoms in total. The van der Waals surface area contributed by atoms with Gasteiger partial charge in [0.15, 0.2) is 0 Å². The van der Waals surface area contributed by atoms with Gasteiger partial charge in [-0.2, -0.15) is 0 Å². The zero-order chi connectivity index (χ0) is 17.4. The highest BCUT2D eigenvalue weighted by Crippen LogP contribution is 2.56. The molecule has 4 rings (SSSR count). The van der Waals surface area contributed by atoms with E-state index in [1.165, 1.54) is 5.56 Å². The Morgan fingerprint density at radius 2 is 1.92 bits per heavy atom. The maximum Gasteiger partial charge on any atom is 0.248 e. The molecule has 0 radical (unpaired) electrons. The first-order chi connectivity index (χ1) is 12.1. The van der Waals surface area contributed by atoms with Gasteiger partial charge in [0.05, 0.1) is 13.0 Å². The van der Waals surface area contributed by atoms with Crippen LogP contribution in [0, 0.1) is 0 Å². The summed E-state index contributed by atoms with van der Waals surface area (Å²) in [6.45, 7) is 1.05. The van der Waals surface area contributed by atoms with E-state index in [1.54, 1.807) is 24.3 Å². The number of amides is 2. The van der Waals surface area contributed by atoms with Crippen LogP contribution in [0.1, 0.15) is 35.2 Å². The van der Waals surface area contributed by atoms with Gasteiger partial charge in [0.25, 0.3) is 0 Å². The second kappa shape index (κ2) is 5.92. The van der Waals surface area contributed by atoms with E-state index >= 15 is 0 Å². The molecule has 25 heavy (non-hydrogen) atoms. The standard InChI is InChI=1S/C20H20N2O3/c21-19(24)14-4-3-5-15(12-14)25-11-8-18(23)22-13-20(9-10-20)16-6-1-2-7-17(16)22/h1-7,12H,8-11,13H2,(H2,21,24). The summed E-state index contributed by atoms with van der Waals surface area (Å²) in [6, 6.07) is 14.9. The summed E-state index contributed by atoms with van der Waals surface area (Å²) < 4.78 is 5.63. The average Bonchev–Trinajstić information content (AvgIpc) is 3.32. The molecule has 1 fully saturated rings. The van der Waals surface area contributed by atoms with Crippen LogP contribution in [0.15, 0.2) is 48.5 Å². The third-order valence-electron chi connectivity index (χ3n) is 5.08. The van der Waals surface area contributed by atoms with Crippen LogP contribution in [0.25, 0.3) is 0 Å². The third kappa shape index (κ3) is 2.86. The lowest BCUT2D eigenvalue weighted by Crippen LogP contribution is -2.32. The number of ether oxygens (including phenoxy) is 1. The highest BCUT2D eigenvalue weighted by Gasteiger charge is 2.52. The predicted molar refractivity (Wildman–Crippen MR) is 94.8 cm³/mol. The zero-order valence-electron chi connectivity index (χ0n) is 13.9. The van der Waals surface area contributed by atoms with E-state index < -0.39 is 5.91 Å². The minimum Gasteiger partial charge on any atom is -0.493 e. The number of benzene rings is 2. The molecular weight excluding hydrogens is 316 g/mol. The van der Waals surface area contributed by atoms with Crippen molar-refractivity contribution in [2.75, 3.05) is 18.1 Å². The molecule has 1 spiro atoms. The normalized spacial score (nSPS) is 16.6. The number of hydrogen-bond acceptors (Lipinski definition) is 3. The first-order valence-corrected chi connectivity index (χ1v) is 8.52. The number of primary amides is 1. The van der Waals surface area contributed by atoms with Crippen molar-refractivity contribution in [1.29, 1.82) is 0 Å². The average molecular weight is 336 g/mol. The lowest BCUT2D eigenvalue weighted by atomic mass is 9.99. The number of nitrogens with zero attached hydrogens (tertiary/aromatic N) is 1. The fraction of sp³-hybridized carbons (Fsp3) is 0.300. The summed E-state index contributed by atoms with van der Waals surface area (Å²) in [6.07, 6.45) is 2.61. The van der Waals surface area contributed by atoms with Gasteiger partial charge < -0.3 is 15.4 Å². The van der Waals surface area contributed by atoms with E-state index in [9.17, 15) is 9.59 Å². The number of nitrogens with two attached hydrogens (primary N) is 1. The van der Waals surface area contributed by atoms with Crippen molar-refractivity contribution in [3.63, 3.8) is 0 Å². The van der Waals surface area contributed by atoms with Gasteiger partial charge in [0, 0.05) is 23.2 Å². The second-order valence-corrected chi connectivity index (χ2v) is 6.77. The van der Waals surface area contributed by atoms with Gasteiger partial charge in [0.2, 0.25) is 11.8 Å². The molecule has 0 bridgehead atoms. The molecule has 128 valence electrons. The van der Waals surface area contributed by atoms with Crippen molar-refractivity contribution >= 4 is 17.5 Å². The SMILES string of the molecule is NC(=O)c1cccc(OCCC(=O)N2CC3(CC3)c3ccccc32)c1. The highest BCUT2D eigenvalue weighted by molar-refractivity contribution is 5.97. The molecule has 0 saturated heterocycles. The van der Waals surface area contributed by atoms with Crippen LogP contribution in [-0.4, -0.2) is 25.0 Å². The van der Waals surface area contributed by atoms with Gasteiger partial charge >= 0.3 is 0 Å². The van der Waals surface area contributed by atoms with Crippen LogP contribution in [0.2, 0.25) is 0 Å². The van der Waals surface area contributed by atoms with Crippen LogP contribution in [0.3, 0.4) is 0 Å². The molecule has 2 aromatic rings. The van der Waals surface area contributed by atoms with E-state index in [1.807, 2.05) is 23.1 Å². The lowest BCUT2D eigenvalue weighted by molar-refractivity contribution is -0.119. The first-order valence-electron chi connectivity index (χ1n) is 8.52. The molecule has 1 heterocycles. The molecule has 5 heteroatoms. The van der Waals surface area contributed by atoms with Crippen LogP contribution in [-0.2, 0) is 10.2 Å². The summed E-state index contributed by atoms with van der Waals surface area (Å²) in [7, 11) is 0. The largest absolute Gasteiger partial charge is 0.493 e. The Morgan fingerprint density at radius 1 is 1.12 bits per heavy atom. The smallest absolute Gasteiger partial charge is 0.248 e. The fourth-order valence-electron chi connectivity index (χ4n) is 3.56. The summed E-state index contributed by atoms with van der Waals surface area (Å²) in [5.41, 5.74) is 8.20. The minimum atomic E-state index is -0.495. The van der Waals surface area contributed by atoms with Gasteiger partial charge in [0.1, 0.15) is 5.75 Å². The van der Waals surface area contributed by atoms with Crippen molar-refractivity contribution in [2.24, 2.45) is 5.73 Å². The van der Waals surface area contributed by atoms with Crippen molar-refractivity contribution < 1.29 is 14.3 Å². The number of rotatable bonds is 5. The maximum atomic E-state index is 12.7. The van der Waals surface area contributed by atoms with Crippen molar-refractivity contribution in [3.05, 3.63) is 59.7 Å². The fourth-order valence-corrected chi connectivity index (χ4v) is 3.56. The highest BCUT2D eigenvalue weighted by atomic mass is 16.5. The van der Waals surface area contributed by atoms with Crippen LogP contribution in [0.5, 0.6) is 5.75 Å². The monoisotopic (exact) mass is 336 g/mol. The Balaban J connectivity index is 1.39. The third-order valence-corrected chi connectivity index (χ3v) is 5.08. The summed E-state index contributed by atoms with van der Waals surface area (Å²) >= 11 is 0. The molecule has 2 amide bonds. The molecule has 1 aliphatic carbocycles. The molecule has 2 aromatic carbocycles. The Bertz CT molecular complexity index is 842. The molecule has 1 aliphatic heterocycles. The zero-order valence-corrected chi connectivity index (χ0v) is 13.9. The summed E-state index contributed by atoms with van der Waals surface area (Å²) in [5, 5.41) is 0. The Labute approximate surface area is 146 Å². The Hall–Kier alpha value is -2.82. The number of carbonyl (C=O) groups excluding carboxylic acids is 2. The number of para-hydroxylation sites is 1. The van der Waals surface area contributed by atoms with E-state index in [0.29, 0.717) is 17.7 Å². The van der Waals surface area contributed by atoms with Crippen molar-refractivity contribution in [2.45, 2.75) is 24.7 Å². The van der Waals surface area contributed by atoms with E-state index in [4.69, 9.17) is 10.5 Å². The van der Waals surface area contributed by atoms with Crippen molar-refractivity contribution in [3.8, 4) is 5.75 Å². The quantitative estimate of drug-likeness (QED) is 0.912. The van der Waals surface area contributed by atoms with E-state index in [0.717, 1.165) is 25.1 Å². The number of fused-ring (bicyclic) bond motifs is 2. The first kappa shape index (κ1) is 15.7. The van der Waals surface area contributed by atoms with Crippen LogP contribution < -0.4 is 15.4 Å². The van der Waals surface area contributed by atoms with Crippen molar-refractivity contribution in [1.82, 2.24) is 0 Å². The number of carbonyl (C=O) groups is 2. The molecule has 1 saturated carbocycles. The number of hydrogen-bond donors (Lipinski definition) is 1. The molecular formula is C20H20N2O3. The van der Waals surface area contributed by atoms with Gasteiger partial charge in [-0.1, -0.05) is 24.3 Å². The van der Waals surface area contributed by atoms with E-state index in [2.05, 4.69) is 6.07 Å². The van der Waals surface area contributed by atoms with Crippen LogP contribution >= 0.6 is 0 Å². The van der Waals surface area contributed by atoms with Gasteiger partial charge in [-0.05, 0) is 42.7 Å². The maximum absolute atomic E-state index is 12.7.